The van der Waals surface area contributed by atoms with Crippen molar-refractivity contribution in [2.75, 3.05) is 53.4 Å². The average molecular weight is 406 g/mol. The van der Waals surface area contributed by atoms with Gasteiger partial charge in [0.1, 0.15) is 4.83 Å². The Labute approximate surface area is 170 Å². The molecule has 3 heterocycles. The number of carbonyl (C=O) groups is 1. The maximum absolute atomic E-state index is 12.7. The van der Waals surface area contributed by atoms with E-state index in [9.17, 15) is 9.59 Å². The number of amides is 1. The standard InChI is InChI=1S/C20H31N5O2S/c1-15-16(2)28-19-18(15)20(27)25(14-21-19)9-6-17(26)23(4)7-5-8-24-12-10-22(3)11-13-24/h14H,5-13H2,1-4H3. The van der Waals surface area contributed by atoms with E-state index < -0.39 is 0 Å². The van der Waals surface area contributed by atoms with Crippen LogP contribution in [0, 0.1) is 13.8 Å². The third-order valence-electron chi connectivity index (χ3n) is 5.71. The number of likely N-dealkylation sites (N-methyl/N-ethyl adjacent to an activating group) is 1. The zero-order valence-corrected chi connectivity index (χ0v) is 18.2. The topological polar surface area (TPSA) is 61.7 Å². The molecule has 0 aromatic carbocycles. The summed E-state index contributed by atoms with van der Waals surface area (Å²) in [5.74, 6) is 0.0728. The van der Waals surface area contributed by atoms with E-state index >= 15 is 0 Å². The number of rotatable bonds is 7. The summed E-state index contributed by atoms with van der Waals surface area (Å²) < 4.78 is 1.57. The third kappa shape index (κ3) is 4.79. The number of nitrogens with zero attached hydrogens (tertiary/aromatic N) is 5. The zero-order chi connectivity index (χ0) is 20.3. The number of fused-ring (bicyclic) bond motifs is 1. The SMILES string of the molecule is Cc1sc2ncn(CCC(=O)N(C)CCCN3CCN(C)CC3)c(=O)c2c1C. The second-order valence-electron chi connectivity index (χ2n) is 7.77. The van der Waals surface area contributed by atoms with Crippen LogP contribution in [0.5, 0.6) is 0 Å². The summed E-state index contributed by atoms with van der Waals surface area (Å²) in [6.07, 6.45) is 2.87. The van der Waals surface area contributed by atoms with Gasteiger partial charge in [0.2, 0.25) is 5.91 Å². The summed E-state index contributed by atoms with van der Waals surface area (Å²) >= 11 is 1.55. The molecule has 154 valence electrons. The molecule has 2 aromatic heterocycles. The van der Waals surface area contributed by atoms with E-state index in [0.29, 0.717) is 18.4 Å². The van der Waals surface area contributed by atoms with Crippen molar-refractivity contribution >= 4 is 27.5 Å². The highest BCUT2D eigenvalue weighted by Gasteiger charge is 2.16. The van der Waals surface area contributed by atoms with E-state index in [1.54, 1.807) is 27.1 Å². The lowest BCUT2D eigenvalue weighted by atomic mass is 10.2. The second kappa shape index (κ2) is 9.15. The van der Waals surface area contributed by atoms with Gasteiger partial charge in [-0.2, -0.15) is 0 Å². The molecule has 1 aliphatic heterocycles. The highest BCUT2D eigenvalue weighted by atomic mass is 32.1. The molecule has 3 rings (SSSR count). The summed E-state index contributed by atoms with van der Waals surface area (Å²) in [6.45, 7) is 10.6. The van der Waals surface area contributed by atoms with Crippen LogP contribution in [0.25, 0.3) is 10.2 Å². The minimum absolute atomic E-state index is 0.0441. The van der Waals surface area contributed by atoms with Gasteiger partial charge < -0.3 is 14.7 Å². The first kappa shape index (κ1) is 21.0. The lowest BCUT2D eigenvalue weighted by molar-refractivity contribution is -0.130. The summed E-state index contributed by atoms with van der Waals surface area (Å²) in [4.78, 5) is 38.1. The monoisotopic (exact) mass is 405 g/mol. The molecule has 0 unspecified atom stereocenters. The van der Waals surface area contributed by atoms with Crippen LogP contribution in [0.3, 0.4) is 0 Å². The quantitative estimate of drug-likeness (QED) is 0.700. The van der Waals surface area contributed by atoms with Gasteiger partial charge in [0.15, 0.2) is 0 Å². The van der Waals surface area contributed by atoms with E-state index in [1.807, 2.05) is 20.9 Å². The Kier molecular flexibility index (Phi) is 6.85. The molecular weight excluding hydrogens is 374 g/mol. The largest absolute Gasteiger partial charge is 0.346 e. The lowest BCUT2D eigenvalue weighted by Gasteiger charge is -2.32. The Bertz CT molecular complexity index is 883. The maximum Gasteiger partial charge on any atom is 0.262 e. The van der Waals surface area contributed by atoms with Gasteiger partial charge in [-0.05, 0) is 39.4 Å². The van der Waals surface area contributed by atoms with Crippen LogP contribution in [0.2, 0.25) is 0 Å². The minimum atomic E-state index is -0.0441. The lowest BCUT2D eigenvalue weighted by Crippen LogP contribution is -2.45. The Balaban J connectivity index is 1.48. The van der Waals surface area contributed by atoms with Crippen molar-refractivity contribution in [3.8, 4) is 0 Å². The van der Waals surface area contributed by atoms with E-state index in [1.165, 1.54) is 0 Å². The van der Waals surface area contributed by atoms with Gasteiger partial charge in [-0.1, -0.05) is 0 Å². The Morgan fingerprint density at radius 3 is 2.64 bits per heavy atom. The summed E-state index contributed by atoms with van der Waals surface area (Å²) in [5, 5.41) is 0.693. The number of carbonyl (C=O) groups excluding carboxylic acids is 1. The van der Waals surface area contributed by atoms with Crippen LogP contribution in [0.15, 0.2) is 11.1 Å². The molecule has 1 aliphatic rings. The molecule has 0 radical (unpaired) electrons. The van der Waals surface area contributed by atoms with Crippen LogP contribution in [-0.4, -0.2) is 83.5 Å². The first-order chi connectivity index (χ1) is 13.4. The fourth-order valence-electron chi connectivity index (χ4n) is 3.56. The molecule has 0 spiro atoms. The minimum Gasteiger partial charge on any atom is -0.346 e. The number of hydrogen-bond donors (Lipinski definition) is 0. The van der Waals surface area contributed by atoms with Crippen molar-refractivity contribution in [2.24, 2.45) is 0 Å². The molecule has 1 fully saturated rings. The van der Waals surface area contributed by atoms with Crippen molar-refractivity contribution in [1.29, 1.82) is 0 Å². The maximum atomic E-state index is 12.7. The first-order valence-corrected chi connectivity index (χ1v) is 10.8. The van der Waals surface area contributed by atoms with Crippen LogP contribution in [0.4, 0.5) is 0 Å². The van der Waals surface area contributed by atoms with Crippen LogP contribution < -0.4 is 5.56 Å². The molecule has 8 heteroatoms. The predicted molar refractivity (Wildman–Crippen MR) is 114 cm³/mol. The number of hydrogen-bond acceptors (Lipinski definition) is 6. The van der Waals surface area contributed by atoms with Gasteiger partial charge in [0.05, 0.1) is 11.7 Å². The molecule has 28 heavy (non-hydrogen) atoms. The molecule has 0 bridgehead atoms. The molecule has 7 nitrogen and oxygen atoms in total. The molecule has 0 N–H and O–H groups in total. The molecule has 2 aromatic rings. The van der Waals surface area contributed by atoms with Crippen molar-refractivity contribution in [3.63, 3.8) is 0 Å². The van der Waals surface area contributed by atoms with Crippen molar-refractivity contribution < 1.29 is 4.79 Å². The predicted octanol–water partition coefficient (Wildman–Crippen LogP) is 1.56. The van der Waals surface area contributed by atoms with Crippen molar-refractivity contribution in [2.45, 2.75) is 33.2 Å². The normalized spacial score (nSPS) is 16.0. The first-order valence-electron chi connectivity index (χ1n) is 9.97. The Morgan fingerprint density at radius 1 is 1.21 bits per heavy atom. The van der Waals surface area contributed by atoms with E-state index in [-0.39, 0.29) is 11.5 Å². The Hall–Kier alpha value is -1.77. The van der Waals surface area contributed by atoms with Crippen LogP contribution in [-0.2, 0) is 11.3 Å². The number of piperazine rings is 1. The Morgan fingerprint density at radius 2 is 1.93 bits per heavy atom. The fourth-order valence-corrected chi connectivity index (χ4v) is 4.55. The fraction of sp³-hybridized carbons (Fsp3) is 0.650. The van der Waals surface area contributed by atoms with E-state index in [0.717, 1.165) is 61.0 Å². The van der Waals surface area contributed by atoms with Crippen LogP contribution in [0.1, 0.15) is 23.3 Å². The average Bonchev–Trinajstić information content (AvgIpc) is 2.97. The summed E-state index contributed by atoms with van der Waals surface area (Å²) in [6, 6.07) is 0. The molecule has 0 atom stereocenters. The number of thiophene rings is 1. The molecule has 1 saturated heterocycles. The van der Waals surface area contributed by atoms with Crippen molar-refractivity contribution in [1.82, 2.24) is 24.3 Å². The highest BCUT2D eigenvalue weighted by Crippen LogP contribution is 2.25. The molecule has 0 aliphatic carbocycles. The third-order valence-corrected chi connectivity index (χ3v) is 6.83. The second-order valence-corrected chi connectivity index (χ2v) is 8.97. The van der Waals surface area contributed by atoms with Gasteiger partial charge in [-0.3, -0.25) is 14.2 Å². The highest BCUT2D eigenvalue weighted by molar-refractivity contribution is 7.18. The summed E-state index contributed by atoms with van der Waals surface area (Å²) in [7, 11) is 4.01. The zero-order valence-electron chi connectivity index (χ0n) is 17.4. The van der Waals surface area contributed by atoms with Gasteiger partial charge >= 0.3 is 0 Å². The number of aromatic nitrogens is 2. The van der Waals surface area contributed by atoms with Gasteiger partial charge in [0.25, 0.3) is 5.56 Å². The van der Waals surface area contributed by atoms with E-state index in [2.05, 4.69) is 21.8 Å². The summed E-state index contributed by atoms with van der Waals surface area (Å²) in [5.41, 5.74) is 0.955. The number of aryl methyl sites for hydroxylation is 3. The van der Waals surface area contributed by atoms with Gasteiger partial charge in [-0.15, -0.1) is 11.3 Å². The smallest absolute Gasteiger partial charge is 0.262 e. The van der Waals surface area contributed by atoms with Gasteiger partial charge in [-0.25, -0.2) is 4.98 Å². The van der Waals surface area contributed by atoms with E-state index in [4.69, 9.17) is 0 Å². The van der Waals surface area contributed by atoms with Crippen molar-refractivity contribution in [3.05, 3.63) is 27.1 Å². The van der Waals surface area contributed by atoms with Crippen LogP contribution >= 0.6 is 11.3 Å². The molecule has 0 saturated carbocycles. The molecular formula is C20H31N5O2S. The molecule has 1 amide bonds. The van der Waals surface area contributed by atoms with Gasteiger partial charge in [0, 0.05) is 57.6 Å².